The van der Waals surface area contributed by atoms with Gasteiger partial charge in [-0.2, -0.15) is 0 Å². The molecule has 3 nitrogen and oxygen atoms in total. The third-order valence-corrected chi connectivity index (χ3v) is 2.91. The predicted octanol–water partition coefficient (Wildman–Crippen LogP) is 1.73. The van der Waals surface area contributed by atoms with Gasteiger partial charge in [-0.1, -0.05) is 19.1 Å². The highest BCUT2D eigenvalue weighted by molar-refractivity contribution is 5.87. The van der Waals surface area contributed by atoms with Crippen LogP contribution in [0, 0.1) is 0 Å². The Labute approximate surface area is 89.3 Å². The van der Waals surface area contributed by atoms with Crippen LogP contribution < -0.4 is 0 Å². The summed E-state index contributed by atoms with van der Waals surface area (Å²) in [6.45, 7) is 3.75. The van der Waals surface area contributed by atoms with Crippen molar-refractivity contribution in [2.24, 2.45) is 0 Å². The number of phenols is 1. The lowest BCUT2D eigenvalue weighted by Gasteiger charge is -2.21. The second kappa shape index (κ2) is 4.03. The molecule has 15 heavy (non-hydrogen) atoms. The van der Waals surface area contributed by atoms with E-state index in [2.05, 4.69) is 4.90 Å². The Balaban J connectivity index is 2.32. The van der Waals surface area contributed by atoms with Crippen LogP contribution in [-0.4, -0.2) is 28.9 Å². The van der Waals surface area contributed by atoms with Gasteiger partial charge in [-0.15, -0.1) is 0 Å². The number of aromatic hydroxyl groups is 1. The molecule has 80 valence electrons. The van der Waals surface area contributed by atoms with E-state index in [4.69, 9.17) is 0 Å². The zero-order valence-corrected chi connectivity index (χ0v) is 8.81. The van der Waals surface area contributed by atoms with E-state index in [0.29, 0.717) is 6.42 Å². The number of benzene rings is 1. The predicted molar refractivity (Wildman–Crippen MR) is 57.7 cm³/mol. The second-order valence-electron chi connectivity index (χ2n) is 3.84. The van der Waals surface area contributed by atoms with Gasteiger partial charge in [-0.25, -0.2) is 0 Å². The molecule has 1 heterocycles. The molecule has 0 bridgehead atoms. The summed E-state index contributed by atoms with van der Waals surface area (Å²) in [6.07, 6.45) is 0.619. The number of phenolic OH excluding ortho intramolecular Hbond substituents is 1. The van der Waals surface area contributed by atoms with E-state index in [9.17, 15) is 9.90 Å². The van der Waals surface area contributed by atoms with Gasteiger partial charge in [0.05, 0.1) is 6.04 Å². The van der Waals surface area contributed by atoms with Crippen molar-refractivity contribution < 1.29 is 9.90 Å². The standard InChI is InChI=1S/C12H15NO2/c1-2-13-7-6-11(15)12(13)9-4-3-5-10(14)8-9/h3-5,8,12,14H,2,6-7H2,1H3. The van der Waals surface area contributed by atoms with Crippen LogP contribution in [0.5, 0.6) is 5.75 Å². The van der Waals surface area contributed by atoms with E-state index in [1.54, 1.807) is 18.2 Å². The number of hydrogen-bond acceptors (Lipinski definition) is 3. The molecule has 1 fully saturated rings. The first-order valence-electron chi connectivity index (χ1n) is 5.28. The summed E-state index contributed by atoms with van der Waals surface area (Å²) in [5.74, 6) is 0.478. The normalized spacial score (nSPS) is 22.2. The van der Waals surface area contributed by atoms with Gasteiger partial charge in [0.25, 0.3) is 0 Å². The lowest BCUT2D eigenvalue weighted by Crippen LogP contribution is -2.25. The highest BCUT2D eigenvalue weighted by Crippen LogP contribution is 2.30. The highest BCUT2D eigenvalue weighted by Gasteiger charge is 2.32. The smallest absolute Gasteiger partial charge is 0.155 e. The molecule has 0 aliphatic carbocycles. The maximum Gasteiger partial charge on any atom is 0.155 e. The quantitative estimate of drug-likeness (QED) is 0.799. The SMILES string of the molecule is CCN1CCC(=O)C1c1cccc(O)c1. The minimum Gasteiger partial charge on any atom is -0.508 e. The maximum absolute atomic E-state index is 11.7. The molecule has 1 unspecified atom stereocenters. The lowest BCUT2D eigenvalue weighted by molar-refractivity contribution is -0.120. The van der Waals surface area contributed by atoms with Crippen molar-refractivity contribution in [1.29, 1.82) is 0 Å². The second-order valence-corrected chi connectivity index (χ2v) is 3.84. The van der Waals surface area contributed by atoms with Crippen LogP contribution in [0.1, 0.15) is 24.9 Å². The van der Waals surface area contributed by atoms with E-state index in [0.717, 1.165) is 18.7 Å². The molecule has 1 aromatic carbocycles. The fourth-order valence-corrected chi connectivity index (χ4v) is 2.16. The summed E-state index contributed by atoms with van der Waals surface area (Å²) < 4.78 is 0. The molecule has 1 aromatic rings. The van der Waals surface area contributed by atoms with E-state index in [1.807, 2.05) is 13.0 Å². The zero-order valence-electron chi connectivity index (χ0n) is 8.81. The number of likely N-dealkylation sites (tertiary alicyclic amines) is 1. The first-order chi connectivity index (χ1) is 7.22. The Hall–Kier alpha value is -1.35. The fraction of sp³-hybridized carbons (Fsp3) is 0.417. The van der Waals surface area contributed by atoms with E-state index >= 15 is 0 Å². The molecule has 1 saturated heterocycles. The van der Waals surface area contributed by atoms with Crippen LogP contribution in [0.25, 0.3) is 0 Å². The molecule has 0 radical (unpaired) electrons. The molecule has 1 aliphatic rings. The summed E-state index contributed by atoms with van der Waals surface area (Å²) in [5, 5.41) is 9.39. The maximum atomic E-state index is 11.7. The summed E-state index contributed by atoms with van der Waals surface area (Å²) in [5.41, 5.74) is 0.902. The van der Waals surface area contributed by atoms with Crippen LogP contribution in [0.3, 0.4) is 0 Å². The number of nitrogens with zero attached hydrogens (tertiary/aromatic N) is 1. The van der Waals surface area contributed by atoms with Crippen LogP contribution in [-0.2, 0) is 4.79 Å². The van der Waals surface area contributed by atoms with Gasteiger partial charge >= 0.3 is 0 Å². The van der Waals surface area contributed by atoms with Crippen molar-refractivity contribution in [3.8, 4) is 5.75 Å². The Morgan fingerprint density at radius 3 is 3.00 bits per heavy atom. The van der Waals surface area contributed by atoms with Crippen LogP contribution >= 0.6 is 0 Å². The number of carbonyl (C=O) groups is 1. The van der Waals surface area contributed by atoms with E-state index in [1.165, 1.54) is 0 Å². The average molecular weight is 205 g/mol. The van der Waals surface area contributed by atoms with E-state index in [-0.39, 0.29) is 17.6 Å². The van der Waals surface area contributed by atoms with E-state index < -0.39 is 0 Å². The summed E-state index contributed by atoms with van der Waals surface area (Å²) >= 11 is 0. The summed E-state index contributed by atoms with van der Waals surface area (Å²) in [4.78, 5) is 13.9. The highest BCUT2D eigenvalue weighted by atomic mass is 16.3. The van der Waals surface area contributed by atoms with Crippen molar-refractivity contribution >= 4 is 5.78 Å². The van der Waals surface area contributed by atoms with Gasteiger partial charge in [0.2, 0.25) is 0 Å². The van der Waals surface area contributed by atoms with Crippen molar-refractivity contribution in [2.75, 3.05) is 13.1 Å². The van der Waals surface area contributed by atoms with Gasteiger partial charge in [0.1, 0.15) is 5.75 Å². The Bertz CT molecular complexity index is 376. The molecular weight excluding hydrogens is 190 g/mol. The molecule has 0 saturated carbocycles. The van der Waals surface area contributed by atoms with Crippen molar-refractivity contribution in [3.63, 3.8) is 0 Å². The van der Waals surface area contributed by atoms with Crippen molar-refractivity contribution in [3.05, 3.63) is 29.8 Å². The summed E-state index contributed by atoms with van der Waals surface area (Å²) in [7, 11) is 0. The molecule has 2 rings (SSSR count). The van der Waals surface area contributed by atoms with Gasteiger partial charge in [0.15, 0.2) is 5.78 Å². The van der Waals surface area contributed by atoms with Gasteiger partial charge in [-0.3, -0.25) is 9.69 Å². The lowest BCUT2D eigenvalue weighted by atomic mass is 10.0. The Morgan fingerprint density at radius 1 is 1.53 bits per heavy atom. The average Bonchev–Trinajstić information content (AvgIpc) is 2.59. The molecule has 1 aliphatic heterocycles. The monoisotopic (exact) mass is 205 g/mol. The number of likely N-dealkylation sites (N-methyl/N-ethyl adjacent to an activating group) is 1. The molecule has 0 amide bonds. The molecule has 1 atom stereocenters. The number of Topliss-reactive ketones (excluding diaryl/α,β-unsaturated/α-hetero) is 1. The minimum absolute atomic E-state index is 0.151. The van der Waals surface area contributed by atoms with Gasteiger partial charge < -0.3 is 5.11 Å². The minimum atomic E-state index is -0.151. The molecule has 0 spiro atoms. The van der Waals surface area contributed by atoms with Crippen LogP contribution in [0.4, 0.5) is 0 Å². The molecule has 1 N–H and O–H groups in total. The number of rotatable bonds is 2. The first-order valence-corrected chi connectivity index (χ1v) is 5.28. The molecular formula is C12H15NO2. The topological polar surface area (TPSA) is 40.5 Å². The first kappa shape index (κ1) is 10.2. The largest absolute Gasteiger partial charge is 0.508 e. The van der Waals surface area contributed by atoms with Crippen LogP contribution in [0.2, 0.25) is 0 Å². The molecule has 0 aromatic heterocycles. The number of ketones is 1. The van der Waals surface area contributed by atoms with Gasteiger partial charge in [0, 0.05) is 13.0 Å². The zero-order chi connectivity index (χ0) is 10.8. The van der Waals surface area contributed by atoms with Crippen molar-refractivity contribution in [2.45, 2.75) is 19.4 Å². The van der Waals surface area contributed by atoms with Crippen LogP contribution in [0.15, 0.2) is 24.3 Å². The Morgan fingerprint density at radius 2 is 2.33 bits per heavy atom. The third kappa shape index (κ3) is 1.88. The molecule has 3 heteroatoms. The fourth-order valence-electron chi connectivity index (χ4n) is 2.16. The number of carbonyl (C=O) groups excluding carboxylic acids is 1. The number of hydrogen-bond donors (Lipinski definition) is 1. The summed E-state index contributed by atoms with van der Waals surface area (Å²) in [6, 6.07) is 6.83. The van der Waals surface area contributed by atoms with Gasteiger partial charge in [-0.05, 0) is 24.2 Å². The van der Waals surface area contributed by atoms with Crippen molar-refractivity contribution in [1.82, 2.24) is 4.90 Å². The Kier molecular flexibility index (Phi) is 2.73. The third-order valence-electron chi connectivity index (χ3n) is 2.91.